The molecule has 0 saturated heterocycles. The average molecular weight is 500 g/mol. The molecule has 2 aromatic rings. The van der Waals surface area contributed by atoms with Crippen molar-refractivity contribution in [3.05, 3.63) is 57.8 Å². The first-order chi connectivity index (χ1) is 14.2. The maximum atomic E-state index is 14.4. The Morgan fingerprint density at radius 3 is 2.60 bits per heavy atom. The van der Waals surface area contributed by atoms with E-state index in [2.05, 4.69) is 15.9 Å². The molecule has 3 N–H and O–H groups in total. The first kappa shape index (κ1) is 22.7. The fraction of sp³-hybridized carbons (Fsp3) is 0.381. The highest BCUT2D eigenvalue weighted by atomic mass is 79.9. The number of nitrogens with two attached hydrogens (primary N) is 1. The molecule has 1 aliphatic heterocycles. The van der Waals surface area contributed by atoms with Gasteiger partial charge in [-0.3, -0.25) is 9.10 Å². The number of anilines is 1. The summed E-state index contributed by atoms with van der Waals surface area (Å²) in [7, 11) is -2.32. The van der Waals surface area contributed by atoms with Gasteiger partial charge in [0.25, 0.3) is 10.0 Å². The summed E-state index contributed by atoms with van der Waals surface area (Å²) in [5, 5.41) is 10.7. The number of sulfonamides is 1. The number of nitrogens with zero attached hydrogens (tertiary/aromatic N) is 1. The first-order valence-corrected chi connectivity index (χ1v) is 12.1. The van der Waals surface area contributed by atoms with Crippen LogP contribution < -0.4 is 9.62 Å². The Morgan fingerprint density at radius 1 is 1.17 bits per heavy atom. The van der Waals surface area contributed by atoms with Crippen LogP contribution in [0.5, 0.6) is 0 Å². The van der Waals surface area contributed by atoms with E-state index in [0.29, 0.717) is 24.2 Å². The molecule has 2 aromatic carbocycles. The third-order valence-electron chi connectivity index (χ3n) is 5.38. The number of hydrogen-bond acceptors (Lipinski definition) is 3. The zero-order valence-electron chi connectivity index (χ0n) is 16.6. The van der Waals surface area contributed by atoms with Gasteiger partial charge in [-0.1, -0.05) is 24.6 Å². The average Bonchev–Trinajstić information content (AvgIpc) is 2.76. The van der Waals surface area contributed by atoms with E-state index in [0.717, 1.165) is 24.8 Å². The molecular formula is C21H25BrFN2O4S+. The molecule has 0 aliphatic carbocycles. The van der Waals surface area contributed by atoms with Gasteiger partial charge in [0.1, 0.15) is 11.9 Å². The van der Waals surface area contributed by atoms with E-state index >= 15 is 0 Å². The maximum Gasteiger partial charge on any atom is 0.303 e. The Labute approximate surface area is 184 Å². The van der Waals surface area contributed by atoms with Gasteiger partial charge in [0.15, 0.2) is 0 Å². The minimum Gasteiger partial charge on any atom is -0.481 e. The molecule has 1 aliphatic rings. The van der Waals surface area contributed by atoms with Crippen LogP contribution in [0.15, 0.2) is 45.8 Å². The zero-order valence-corrected chi connectivity index (χ0v) is 19.0. The Morgan fingerprint density at radius 2 is 1.87 bits per heavy atom. The van der Waals surface area contributed by atoms with E-state index in [1.54, 1.807) is 12.1 Å². The number of hydrogen-bond donors (Lipinski definition) is 2. The molecule has 1 unspecified atom stereocenters. The number of carboxylic acid groups (broad SMARTS) is 1. The van der Waals surface area contributed by atoms with E-state index in [1.165, 1.54) is 23.5 Å². The van der Waals surface area contributed by atoms with Gasteiger partial charge in [-0.2, -0.15) is 0 Å². The van der Waals surface area contributed by atoms with Crippen LogP contribution in [-0.4, -0.2) is 33.1 Å². The van der Waals surface area contributed by atoms with Crippen LogP contribution in [0, 0.1) is 5.82 Å². The number of para-hydroxylation sites is 1. The fourth-order valence-electron chi connectivity index (χ4n) is 3.80. The summed E-state index contributed by atoms with van der Waals surface area (Å²) in [5.74, 6) is -1.29. The molecule has 0 fully saturated rings. The second-order valence-corrected chi connectivity index (χ2v) is 10.2. The summed E-state index contributed by atoms with van der Waals surface area (Å²) in [4.78, 5) is 10.7. The van der Waals surface area contributed by atoms with Gasteiger partial charge >= 0.3 is 5.97 Å². The molecule has 1 atom stereocenters. The summed E-state index contributed by atoms with van der Waals surface area (Å²) in [6.07, 6.45) is 3.39. The van der Waals surface area contributed by atoms with Crippen molar-refractivity contribution in [2.24, 2.45) is 0 Å². The Balaban J connectivity index is 1.90. The molecule has 0 saturated carbocycles. The predicted octanol–water partition coefficient (Wildman–Crippen LogP) is 3.41. The van der Waals surface area contributed by atoms with E-state index in [4.69, 9.17) is 5.11 Å². The van der Waals surface area contributed by atoms with Crippen molar-refractivity contribution in [1.82, 2.24) is 0 Å². The lowest BCUT2D eigenvalue weighted by atomic mass is 9.96. The van der Waals surface area contributed by atoms with Gasteiger partial charge in [0, 0.05) is 24.6 Å². The highest BCUT2D eigenvalue weighted by Crippen LogP contribution is 2.39. The fourth-order valence-corrected chi connectivity index (χ4v) is 5.77. The van der Waals surface area contributed by atoms with Crippen LogP contribution in [0.1, 0.15) is 49.3 Å². The summed E-state index contributed by atoms with van der Waals surface area (Å²) in [6, 6.07) is 9.57. The molecular weight excluding hydrogens is 475 g/mol. The second-order valence-electron chi connectivity index (χ2n) is 7.40. The summed E-state index contributed by atoms with van der Waals surface area (Å²) in [5.41, 5.74) is 1.82. The van der Waals surface area contributed by atoms with E-state index in [-0.39, 0.29) is 21.8 Å². The van der Waals surface area contributed by atoms with Crippen LogP contribution in [-0.2, 0) is 14.8 Å². The van der Waals surface area contributed by atoms with Crippen LogP contribution in [0.3, 0.4) is 0 Å². The SMILES string of the molecule is CN1c2ccccc2C([NH2+]CCCCCCC(=O)O)c2cc(F)c(Br)cc2S1(=O)=O. The molecule has 9 heteroatoms. The van der Waals surface area contributed by atoms with Crippen LogP contribution in [0.4, 0.5) is 10.1 Å². The van der Waals surface area contributed by atoms with E-state index in [1.807, 2.05) is 17.4 Å². The van der Waals surface area contributed by atoms with Gasteiger partial charge in [-0.05, 0) is 53.4 Å². The van der Waals surface area contributed by atoms with Crippen molar-refractivity contribution in [3.63, 3.8) is 0 Å². The lowest BCUT2D eigenvalue weighted by Crippen LogP contribution is -2.85. The third-order valence-corrected chi connectivity index (χ3v) is 7.82. The maximum absolute atomic E-state index is 14.4. The smallest absolute Gasteiger partial charge is 0.303 e. The van der Waals surface area contributed by atoms with Crippen molar-refractivity contribution < 1.29 is 28.0 Å². The minimum atomic E-state index is -3.83. The summed E-state index contributed by atoms with van der Waals surface area (Å²) < 4.78 is 42.2. The van der Waals surface area contributed by atoms with Gasteiger partial charge in [-0.25, -0.2) is 12.8 Å². The quantitative estimate of drug-likeness (QED) is 0.544. The molecule has 0 amide bonds. The largest absolute Gasteiger partial charge is 0.481 e. The Kier molecular flexibility index (Phi) is 7.15. The lowest BCUT2D eigenvalue weighted by Gasteiger charge is -2.20. The second kappa shape index (κ2) is 9.45. The number of rotatable bonds is 8. The first-order valence-electron chi connectivity index (χ1n) is 9.85. The van der Waals surface area contributed by atoms with Crippen molar-refractivity contribution in [2.75, 3.05) is 17.9 Å². The molecule has 0 radical (unpaired) electrons. The summed E-state index contributed by atoms with van der Waals surface area (Å²) in [6.45, 7) is 0.715. The topological polar surface area (TPSA) is 91.3 Å². The number of quaternary nitrogens is 1. The number of carboxylic acids is 1. The van der Waals surface area contributed by atoms with Crippen molar-refractivity contribution in [1.29, 1.82) is 0 Å². The van der Waals surface area contributed by atoms with Crippen LogP contribution in [0.25, 0.3) is 0 Å². The monoisotopic (exact) mass is 499 g/mol. The number of aliphatic carboxylic acids is 1. The van der Waals surface area contributed by atoms with Gasteiger partial charge in [-0.15, -0.1) is 0 Å². The van der Waals surface area contributed by atoms with Gasteiger partial charge < -0.3 is 10.4 Å². The summed E-state index contributed by atoms with van der Waals surface area (Å²) >= 11 is 3.11. The molecule has 0 spiro atoms. The highest BCUT2D eigenvalue weighted by molar-refractivity contribution is 9.10. The molecule has 1 heterocycles. The molecule has 30 heavy (non-hydrogen) atoms. The standard InChI is InChI=1S/C21H24BrFN2O4S/c1-25-18-9-6-5-8-14(18)21(24-11-7-3-2-4-10-20(26)27)15-12-17(23)16(22)13-19(15)30(25,28)29/h5-6,8-9,12-13,21,24H,2-4,7,10-11H2,1H3,(H,26,27)/p+1. The van der Waals surface area contributed by atoms with Gasteiger partial charge in [0.05, 0.1) is 21.6 Å². The van der Waals surface area contributed by atoms with Crippen LogP contribution in [0.2, 0.25) is 0 Å². The van der Waals surface area contributed by atoms with Crippen molar-refractivity contribution >= 4 is 37.6 Å². The van der Waals surface area contributed by atoms with E-state index < -0.39 is 21.8 Å². The zero-order chi connectivity index (χ0) is 21.9. The highest BCUT2D eigenvalue weighted by Gasteiger charge is 2.37. The molecule has 3 rings (SSSR count). The Bertz CT molecular complexity index is 1050. The Hall–Kier alpha value is -1.97. The number of benzene rings is 2. The van der Waals surface area contributed by atoms with Gasteiger partial charge in [0.2, 0.25) is 0 Å². The minimum absolute atomic E-state index is 0.0946. The van der Waals surface area contributed by atoms with E-state index in [9.17, 15) is 17.6 Å². The molecule has 0 bridgehead atoms. The molecule has 162 valence electrons. The lowest BCUT2D eigenvalue weighted by molar-refractivity contribution is -0.687. The van der Waals surface area contributed by atoms with Crippen molar-refractivity contribution in [2.45, 2.75) is 43.0 Å². The van der Waals surface area contributed by atoms with Crippen LogP contribution >= 0.6 is 15.9 Å². The number of unbranched alkanes of at least 4 members (excludes halogenated alkanes) is 3. The molecule has 6 nitrogen and oxygen atoms in total. The number of carbonyl (C=O) groups is 1. The number of fused-ring (bicyclic) bond motifs is 2. The third kappa shape index (κ3) is 4.68. The normalized spacial score (nSPS) is 17.2. The predicted molar refractivity (Wildman–Crippen MR) is 115 cm³/mol. The van der Waals surface area contributed by atoms with Crippen molar-refractivity contribution in [3.8, 4) is 0 Å². The number of halogens is 2. The molecule has 0 aromatic heterocycles.